The normalized spacial score (nSPS) is 10.3. The van der Waals surface area contributed by atoms with Gasteiger partial charge >= 0.3 is 12.0 Å². The summed E-state index contributed by atoms with van der Waals surface area (Å²) in [5.41, 5.74) is 2.34. The van der Waals surface area contributed by atoms with Crippen molar-refractivity contribution in [3.63, 3.8) is 0 Å². The zero-order chi connectivity index (χ0) is 14.5. The fourth-order valence-corrected chi connectivity index (χ4v) is 1.84. The van der Waals surface area contributed by atoms with Gasteiger partial charge in [-0.1, -0.05) is 17.7 Å². The lowest BCUT2D eigenvalue weighted by Crippen LogP contribution is -2.16. The molecule has 1 heterocycles. The van der Waals surface area contributed by atoms with Gasteiger partial charge in [-0.2, -0.15) is 4.98 Å². The Morgan fingerprint density at radius 2 is 2.00 bits per heavy atom. The van der Waals surface area contributed by atoms with E-state index in [2.05, 4.69) is 4.98 Å². The standard InChI is InChI=1S/C15H18N2O3/c1-4-17(12-8-6-11(3)7-9-12)15-16-13(10-20-15)14(18)19-5-2/h6-10H,4-5H2,1-3H3. The van der Waals surface area contributed by atoms with Crippen LogP contribution in [-0.4, -0.2) is 24.1 Å². The van der Waals surface area contributed by atoms with E-state index in [1.54, 1.807) is 6.92 Å². The summed E-state index contributed by atoms with van der Waals surface area (Å²) >= 11 is 0. The maximum atomic E-state index is 11.6. The quantitative estimate of drug-likeness (QED) is 0.783. The van der Waals surface area contributed by atoms with Crippen LogP contribution in [0, 0.1) is 6.92 Å². The van der Waals surface area contributed by atoms with E-state index < -0.39 is 5.97 Å². The molecule has 5 nitrogen and oxygen atoms in total. The van der Waals surface area contributed by atoms with Crippen molar-refractivity contribution in [1.82, 2.24) is 4.98 Å². The molecule has 0 aliphatic rings. The molecule has 2 rings (SSSR count). The maximum absolute atomic E-state index is 11.6. The number of anilines is 2. The van der Waals surface area contributed by atoms with Crippen LogP contribution in [0.1, 0.15) is 29.9 Å². The van der Waals surface area contributed by atoms with Crippen LogP contribution in [0.4, 0.5) is 11.7 Å². The van der Waals surface area contributed by atoms with E-state index in [0.717, 1.165) is 5.69 Å². The first-order valence-electron chi connectivity index (χ1n) is 6.62. The van der Waals surface area contributed by atoms with Crippen molar-refractivity contribution in [2.45, 2.75) is 20.8 Å². The van der Waals surface area contributed by atoms with Crippen molar-refractivity contribution >= 4 is 17.7 Å². The first-order valence-corrected chi connectivity index (χ1v) is 6.62. The van der Waals surface area contributed by atoms with E-state index in [-0.39, 0.29) is 5.69 Å². The second-order valence-electron chi connectivity index (χ2n) is 4.32. The first-order chi connectivity index (χ1) is 9.65. The lowest BCUT2D eigenvalue weighted by Gasteiger charge is -2.18. The van der Waals surface area contributed by atoms with Crippen molar-refractivity contribution in [3.8, 4) is 0 Å². The zero-order valence-corrected chi connectivity index (χ0v) is 11.9. The van der Waals surface area contributed by atoms with E-state index in [0.29, 0.717) is 19.2 Å². The van der Waals surface area contributed by atoms with Gasteiger partial charge in [-0.3, -0.25) is 4.90 Å². The van der Waals surface area contributed by atoms with E-state index in [1.807, 2.05) is 43.0 Å². The molecule has 0 bridgehead atoms. The molecule has 0 saturated carbocycles. The molecular weight excluding hydrogens is 256 g/mol. The van der Waals surface area contributed by atoms with Crippen LogP contribution >= 0.6 is 0 Å². The molecule has 0 atom stereocenters. The Balaban J connectivity index is 2.24. The van der Waals surface area contributed by atoms with Crippen molar-refractivity contribution < 1.29 is 13.9 Å². The van der Waals surface area contributed by atoms with Crippen molar-refractivity contribution in [2.24, 2.45) is 0 Å². The van der Waals surface area contributed by atoms with Gasteiger partial charge in [0, 0.05) is 12.2 Å². The molecule has 0 N–H and O–H groups in total. The number of nitrogens with zero attached hydrogens (tertiary/aromatic N) is 2. The Hall–Kier alpha value is -2.30. The number of hydrogen-bond acceptors (Lipinski definition) is 5. The van der Waals surface area contributed by atoms with Crippen LogP contribution < -0.4 is 4.90 Å². The minimum absolute atomic E-state index is 0.187. The molecule has 0 fully saturated rings. The zero-order valence-electron chi connectivity index (χ0n) is 11.9. The molecule has 5 heteroatoms. The molecule has 0 spiro atoms. The average molecular weight is 274 g/mol. The summed E-state index contributed by atoms with van der Waals surface area (Å²) in [7, 11) is 0. The van der Waals surface area contributed by atoms with Crippen molar-refractivity contribution in [1.29, 1.82) is 0 Å². The third-order valence-electron chi connectivity index (χ3n) is 2.87. The molecule has 106 valence electrons. The monoisotopic (exact) mass is 274 g/mol. The highest BCUT2D eigenvalue weighted by Crippen LogP contribution is 2.24. The highest BCUT2D eigenvalue weighted by molar-refractivity contribution is 5.87. The van der Waals surface area contributed by atoms with Crippen LogP contribution in [0.3, 0.4) is 0 Å². The molecule has 20 heavy (non-hydrogen) atoms. The number of aromatic nitrogens is 1. The summed E-state index contributed by atoms with van der Waals surface area (Å²) in [6.45, 7) is 6.78. The number of rotatable bonds is 5. The fourth-order valence-electron chi connectivity index (χ4n) is 1.84. The molecule has 0 saturated heterocycles. The molecule has 0 unspecified atom stereocenters. The van der Waals surface area contributed by atoms with Crippen LogP contribution in [0.25, 0.3) is 0 Å². The van der Waals surface area contributed by atoms with Gasteiger partial charge in [0.15, 0.2) is 5.69 Å². The molecular formula is C15H18N2O3. The number of carbonyl (C=O) groups excluding carboxylic acids is 1. The summed E-state index contributed by atoms with van der Waals surface area (Å²) in [4.78, 5) is 17.7. The van der Waals surface area contributed by atoms with Gasteiger partial charge in [0.25, 0.3) is 0 Å². The molecule has 1 aromatic heterocycles. The largest absolute Gasteiger partial charge is 0.461 e. The topological polar surface area (TPSA) is 55.6 Å². The number of benzene rings is 1. The van der Waals surface area contributed by atoms with Crippen LogP contribution in [0.2, 0.25) is 0 Å². The lowest BCUT2D eigenvalue weighted by molar-refractivity contribution is 0.0519. The summed E-state index contributed by atoms with van der Waals surface area (Å²) < 4.78 is 10.3. The van der Waals surface area contributed by atoms with Crippen molar-refractivity contribution in [3.05, 3.63) is 41.8 Å². The predicted octanol–water partition coefficient (Wildman–Crippen LogP) is 3.32. The SMILES string of the molecule is CCOC(=O)c1coc(N(CC)c2ccc(C)cc2)n1. The summed E-state index contributed by atoms with van der Waals surface area (Å²) in [5.74, 6) is -0.470. The lowest BCUT2D eigenvalue weighted by atomic mass is 10.2. The van der Waals surface area contributed by atoms with Crippen LogP contribution in [0.5, 0.6) is 0 Å². The number of esters is 1. The van der Waals surface area contributed by atoms with Gasteiger partial charge in [-0.25, -0.2) is 4.79 Å². The highest BCUT2D eigenvalue weighted by Gasteiger charge is 2.17. The first kappa shape index (κ1) is 14.1. The van der Waals surface area contributed by atoms with Crippen molar-refractivity contribution in [2.75, 3.05) is 18.1 Å². The number of oxazole rings is 1. The van der Waals surface area contributed by atoms with E-state index >= 15 is 0 Å². The third kappa shape index (κ3) is 2.99. The number of ether oxygens (including phenoxy) is 1. The second-order valence-corrected chi connectivity index (χ2v) is 4.32. The van der Waals surface area contributed by atoms with Gasteiger partial charge in [-0.15, -0.1) is 0 Å². The minimum Gasteiger partial charge on any atom is -0.461 e. The molecule has 0 radical (unpaired) electrons. The highest BCUT2D eigenvalue weighted by atomic mass is 16.5. The predicted molar refractivity (Wildman–Crippen MR) is 76.3 cm³/mol. The summed E-state index contributed by atoms with van der Waals surface area (Å²) in [6, 6.07) is 8.42. The van der Waals surface area contributed by atoms with Gasteiger partial charge in [0.05, 0.1) is 6.61 Å². The van der Waals surface area contributed by atoms with Gasteiger partial charge in [-0.05, 0) is 32.9 Å². The van der Waals surface area contributed by atoms with Gasteiger partial charge in [0.2, 0.25) is 0 Å². The van der Waals surface area contributed by atoms with Gasteiger partial charge in [0.1, 0.15) is 6.26 Å². The van der Waals surface area contributed by atoms with Crippen LogP contribution in [-0.2, 0) is 4.74 Å². The molecule has 0 amide bonds. The molecule has 0 aliphatic heterocycles. The van der Waals surface area contributed by atoms with E-state index in [4.69, 9.17) is 9.15 Å². The Morgan fingerprint density at radius 3 is 2.60 bits per heavy atom. The van der Waals surface area contributed by atoms with E-state index in [1.165, 1.54) is 11.8 Å². The summed E-state index contributed by atoms with van der Waals surface area (Å²) in [5, 5.41) is 0. The van der Waals surface area contributed by atoms with Crippen LogP contribution in [0.15, 0.2) is 34.9 Å². The summed E-state index contributed by atoms with van der Waals surface area (Å²) in [6.07, 6.45) is 1.32. The minimum atomic E-state index is -0.470. The average Bonchev–Trinajstić information content (AvgIpc) is 2.92. The Kier molecular flexibility index (Phi) is 4.40. The smallest absolute Gasteiger partial charge is 0.360 e. The number of carbonyl (C=O) groups is 1. The maximum Gasteiger partial charge on any atom is 0.360 e. The van der Waals surface area contributed by atoms with Gasteiger partial charge < -0.3 is 9.15 Å². The number of hydrogen-bond donors (Lipinski definition) is 0. The molecule has 1 aromatic carbocycles. The molecule has 0 aliphatic carbocycles. The second kappa shape index (κ2) is 6.23. The fraction of sp³-hybridized carbons (Fsp3) is 0.333. The molecule has 2 aromatic rings. The van der Waals surface area contributed by atoms with E-state index in [9.17, 15) is 4.79 Å². The number of aryl methyl sites for hydroxylation is 1. The Bertz CT molecular complexity index is 575. The Morgan fingerprint density at radius 1 is 1.30 bits per heavy atom. The third-order valence-corrected chi connectivity index (χ3v) is 2.87. The Labute approximate surface area is 118 Å².